The number of aryl methyl sites for hydroxylation is 3. The van der Waals surface area contributed by atoms with E-state index in [0.717, 1.165) is 61.1 Å². The maximum atomic E-state index is 13.6. The summed E-state index contributed by atoms with van der Waals surface area (Å²) < 4.78 is 9.20. The van der Waals surface area contributed by atoms with Crippen LogP contribution in [0.1, 0.15) is 49.7 Å². The first-order chi connectivity index (χ1) is 18.1. The summed E-state index contributed by atoms with van der Waals surface area (Å²) in [7, 11) is 1.62. The van der Waals surface area contributed by atoms with Crippen LogP contribution in [-0.2, 0) is 19.5 Å². The number of fused-ring (bicyclic) bond motifs is 3. The van der Waals surface area contributed by atoms with Crippen molar-refractivity contribution in [3.8, 4) is 5.88 Å². The van der Waals surface area contributed by atoms with Gasteiger partial charge in [-0.15, -0.1) is 0 Å². The molecule has 1 aliphatic heterocycles. The van der Waals surface area contributed by atoms with E-state index in [2.05, 4.69) is 47.6 Å². The Morgan fingerprint density at radius 3 is 2.49 bits per heavy atom. The number of halogens is 2. The van der Waals surface area contributed by atoms with E-state index in [1.807, 2.05) is 28.0 Å². The number of likely N-dealkylation sites (tertiary alicyclic amines) is 1. The molecule has 10 heteroatoms. The number of imidazole rings is 1. The normalized spacial score (nSPS) is 17.1. The second-order valence-corrected chi connectivity index (χ2v) is 10.3. The van der Waals surface area contributed by atoms with Crippen LogP contribution in [0.3, 0.4) is 0 Å². The van der Waals surface area contributed by atoms with Gasteiger partial charge >= 0.3 is 0 Å². The highest BCUT2D eigenvalue weighted by atomic mass is 35.5. The highest BCUT2D eigenvalue weighted by molar-refractivity contribution is 5.77. The lowest BCUT2D eigenvalue weighted by Gasteiger charge is -2.28. The number of nitrogens with one attached hydrogen (secondary N) is 1. The van der Waals surface area contributed by atoms with Gasteiger partial charge in [0.2, 0.25) is 5.88 Å². The molecule has 5 rings (SSSR count). The second-order valence-electron chi connectivity index (χ2n) is 10.3. The van der Waals surface area contributed by atoms with E-state index >= 15 is 0 Å². The number of ether oxygens (including phenoxy) is 1. The molecule has 0 radical (unpaired) electrons. The van der Waals surface area contributed by atoms with Crippen LogP contribution in [0.2, 0.25) is 0 Å². The first-order valence-corrected chi connectivity index (χ1v) is 13.7. The lowest BCUT2D eigenvalue weighted by Crippen LogP contribution is -3.13. The smallest absolute Gasteiger partial charge is 0.277 e. The number of nitrogens with two attached hydrogens (primary N) is 1. The number of benzene rings is 1. The summed E-state index contributed by atoms with van der Waals surface area (Å²) in [6.45, 7) is 9.38. The SMILES string of the molecule is CCc1nc(C)c2c(=O)n(CCCC[NH2+]C3CC[NH+](Cc4ccccc4)CC3)c3ccc(OC)nc3n12.[Cl-].[Cl-]. The molecule has 212 valence electrons. The summed E-state index contributed by atoms with van der Waals surface area (Å²) in [6.07, 6.45) is 5.32. The Balaban J connectivity index is 0.00000210. The molecule has 1 aromatic carbocycles. The average molecular weight is 576 g/mol. The van der Waals surface area contributed by atoms with E-state index < -0.39 is 0 Å². The monoisotopic (exact) mass is 574 g/mol. The zero-order valence-corrected chi connectivity index (χ0v) is 24.6. The Morgan fingerprint density at radius 2 is 1.79 bits per heavy atom. The molecule has 0 bridgehead atoms. The van der Waals surface area contributed by atoms with E-state index in [1.54, 1.807) is 12.0 Å². The van der Waals surface area contributed by atoms with E-state index in [1.165, 1.54) is 31.5 Å². The van der Waals surface area contributed by atoms with E-state index in [-0.39, 0.29) is 30.4 Å². The first-order valence-electron chi connectivity index (χ1n) is 13.7. The van der Waals surface area contributed by atoms with Crippen molar-refractivity contribution in [1.82, 2.24) is 18.9 Å². The molecule has 1 saturated heterocycles. The Morgan fingerprint density at radius 1 is 1.05 bits per heavy atom. The number of rotatable bonds is 10. The lowest BCUT2D eigenvalue weighted by atomic mass is 10.0. The number of nitrogens with zero attached hydrogens (tertiary/aromatic N) is 4. The molecule has 0 saturated carbocycles. The molecule has 0 unspecified atom stereocenters. The number of methoxy groups -OCH3 is 1. The topological polar surface area (TPSA) is 82.5 Å². The van der Waals surface area contributed by atoms with Crippen molar-refractivity contribution in [3.05, 3.63) is 69.9 Å². The quantitative estimate of drug-likeness (QED) is 0.187. The maximum absolute atomic E-state index is 13.6. The molecule has 0 atom stereocenters. The number of quaternary nitrogens is 2. The molecule has 1 aliphatic rings. The Labute approximate surface area is 242 Å². The molecule has 0 aliphatic carbocycles. The van der Waals surface area contributed by atoms with Gasteiger partial charge in [-0.2, -0.15) is 4.98 Å². The molecule has 3 aromatic heterocycles. The fourth-order valence-electron chi connectivity index (χ4n) is 5.79. The van der Waals surface area contributed by atoms with Crippen molar-refractivity contribution in [1.29, 1.82) is 0 Å². The van der Waals surface area contributed by atoms with Crippen molar-refractivity contribution in [2.45, 2.75) is 65.1 Å². The molecular weight excluding hydrogens is 535 g/mol. The summed E-state index contributed by atoms with van der Waals surface area (Å²) in [5.74, 6) is 1.40. The van der Waals surface area contributed by atoms with Crippen molar-refractivity contribution >= 4 is 16.7 Å². The van der Waals surface area contributed by atoms with Crippen LogP contribution in [-0.4, -0.2) is 51.7 Å². The van der Waals surface area contributed by atoms with Gasteiger partial charge < -0.3 is 44.3 Å². The molecule has 0 spiro atoms. The Bertz CT molecular complexity index is 1410. The minimum atomic E-state index is 0. The fourth-order valence-corrected chi connectivity index (χ4v) is 5.79. The zero-order valence-electron chi connectivity index (χ0n) is 23.1. The molecule has 4 heterocycles. The van der Waals surface area contributed by atoms with E-state index in [4.69, 9.17) is 9.72 Å². The van der Waals surface area contributed by atoms with Crippen molar-refractivity contribution in [2.75, 3.05) is 26.7 Å². The Hall–Kier alpha value is -2.65. The van der Waals surface area contributed by atoms with Gasteiger partial charge in [0.15, 0.2) is 5.65 Å². The van der Waals surface area contributed by atoms with Crippen molar-refractivity contribution < 1.29 is 39.8 Å². The van der Waals surface area contributed by atoms with Gasteiger partial charge in [0.25, 0.3) is 5.56 Å². The minimum absolute atomic E-state index is 0. The largest absolute Gasteiger partial charge is 1.00 e. The highest BCUT2D eigenvalue weighted by Crippen LogP contribution is 2.21. The molecular formula is C29H40Cl2N6O2. The predicted molar refractivity (Wildman–Crippen MR) is 145 cm³/mol. The van der Waals surface area contributed by atoms with Crippen LogP contribution >= 0.6 is 0 Å². The number of unbranched alkanes of at least 4 members (excludes halogenated alkanes) is 1. The van der Waals surface area contributed by atoms with Crippen LogP contribution in [0, 0.1) is 6.92 Å². The van der Waals surface area contributed by atoms with Crippen LogP contribution in [0.4, 0.5) is 0 Å². The van der Waals surface area contributed by atoms with Crippen LogP contribution < -0.4 is 45.3 Å². The maximum Gasteiger partial charge on any atom is 0.277 e. The van der Waals surface area contributed by atoms with Crippen LogP contribution in [0.5, 0.6) is 5.88 Å². The molecule has 0 amide bonds. The number of hydrogen-bond acceptors (Lipinski definition) is 4. The first kappa shape index (κ1) is 30.9. The van der Waals surface area contributed by atoms with Gasteiger partial charge in [0, 0.05) is 37.4 Å². The van der Waals surface area contributed by atoms with E-state index in [0.29, 0.717) is 17.9 Å². The minimum Gasteiger partial charge on any atom is -1.00 e. The van der Waals surface area contributed by atoms with Gasteiger partial charge in [-0.25, -0.2) is 4.98 Å². The highest BCUT2D eigenvalue weighted by Gasteiger charge is 2.24. The molecule has 4 aromatic rings. The average Bonchev–Trinajstić information content (AvgIpc) is 3.28. The summed E-state index contributed by atoms with van der Waals surface area (Å²) in [6, 6.07) is 15.3. The van der Waals surface area contributed by atoms with Gasteiger partial charge in [-0.05, 0) is 25.8 Å². The van der Waals surface area contributed by atoms with E-state index in [9.17, 15) is 4.79 Å². The summed E-state index contributed by atoms with van der Waals surface area (Å²) in [4.78, 5) is 24.6. The molecule has 1 fully saturated rings. The molecule has 39 heavy (non-hydrogen) atoms. The number of aromatic nitrogens is 4. The van der Waals surface area contributed by atoms with Crippen LogP contribution in [0.15, 0.2) is 47.3 Å². The number of piperidine rings is 1. The van der Waals surface area contributed by atoms with Gasteiger partial charge in [0.1, 0.15) is 17.9 Å². The summed E-state index contributed by atoms with van der Waals surface area (Å²) >= 11 is 0. The third-order valence-electron chi connectivity index (χ3n) is 7.80. The third-order valence-corrected chi connectivity index (χ3v) is 7.80. The zero-order chi connectivity index (χ0) is 25.8. The predicted octanol–water partition coefficient (Wildman–Crippen LogP) is -4.48. The fraction of sp³-hybridized carbons (Fsp3) is 0.483. The van der Waals surface area contributed by atoms with Crippen molar-refractivity contribution in [3.63, 3.8) is 0 Å². The van der Waals surface area contributed by atoms with Crippen LogP contribution in [0.25, 0.3) is 16.7 Å². The standard InChI is InChI=1S/C29H38N6O2.2ClH/c1-4-25-31-21(2)27-29(36)34(24-12-13-26(37-3)32-28(24)35(25)27)17-9-8-16-30-23-14-18-33(19-15-23)20-22-10-6-5-7-11-22;;/h5-7,10-13,23,30H,4,8-9,14-20H2,1-3H3;2*1H. The lowest BCUT2D eigenvalue weighted by molar-refractivity contribution is -0.926. The van der Waals surface area contributed by atoms with Gasteiger partial charge in [-0.1, -0.05) is 37.3 Å². The third kappa shape index (κ3) is 6.74. The summed E-state index contributed by atoms with van der Waals surface area (Å²) in [5, 5.41) is 2.53. The number of pyridine rings is 1. The van der Waals surface area contributed by atoms with Gasteiger partial charge in [0.05, 0.1) is 44.0 Å². The number of hydrogen-bond donors (Lipinski definition) is 2. The molecule has 8 nitrogen and oxygen atoms in total. The van der Waals surface area contributed by atoms with Gasteiger partial charge in [-0.3, -0.25) is 9.20 Å². The van der Waals surface area contributed by atoms with Crippen molar-refractivity contribution in [2.24, 2.45) is 0 Å². The molecule has 3 N–H and O–H groups in total. The second kappa shape index (κ2) is 14.1. The summed E-state index contributed by atoms with van der Waals surface area (Å²) in [5.41, 5.74) is 4.41. The Kier molecular flexibility index (Phi) is 11.2.